The number of rotatable bonds is 3. The molecule has 1 aromatic heterocycles. The number of carbonyl (C=O) groups is 1. The Morgan fingerprint density at radius 3 is 2.61 bits per heavy atom. The second-order valence-corrected chi connectivity index (χ2v) is 6.61. The summed E-state index contributed by atoms with van der Waals surface area (Å²) in [5, 5.41) is 8.56. The van der Waals surface area contributed by atoms with Crippen molar-refractivity contribution in [1.29, 1.82) is 0 Å². The van der Waals surface area contributed by atoms with Crippen molar-refractivity contribution >= 4 is 5.91 Å². The third-order valence-corrected chi connectivity index (χ3v) is 4.69. The van der Waals surface area contributed by atoms with Gasteiger partial charge in [0.2, 0.25) is 5.91 Å². The summed E-state index contributed by atoms with van der Waals surface area (Å²) in [7, 11) is 0. The number of fused-ring (bicyclic) bond motifs is 1. The molecular formula is C18H22N4O. The fourth-order valence-electron chi connectivity index (χ4n) is 2.73. The van der Waals surface area contributed by atoms with Gasteiger partial charge in [-0.1, -0.05) is 35.6 Å². The number of carbonyl (C=O) groups excluding carboxylic acids is 1. The molecule has 0 saturated heterocycles. The molecule has 0 fully saturated rings. The molecule has 0 N–H and O–H groups in total. The van der Waals surface area contributed by atoms with Crippen LogP contribution in [0.5, 0.6) is 0 Å². The monoisotopic (exact) mass is 310 g/mol. The van der Waals surface area contributed by atoms with Gasteiger partial charge >= 0.3 is 0 Å². The van der Waals surface area contributed by atoms with Gasteiger partial charge in [0.25, 0.3) is 0 Å². The van der Waals surface area contributed by atoms with E-state index in [1.807, 2.05) is 60.7 Å². The molecule has 0 radical (unpaired) electrons. The SMILES string of the molecule is C=C(C)C(C)(C)C(=O)N1CCc2c(nnn2-c2ccccc2)C1. The molecule has 5 heteroatoms. The molecule has 0 saturated carbocycles. The van der Waals surface area contributed by atoms with Crippen LogP contribution in [0.1, 0.15) is 32.2 Å². The molecule has 0 unspecified atom stereocenters. The van der Waals surface area contributed by atoms with Crippen LogP contribution in [-0.4, -0.2) is 32.3 Å². The first-order chi connectivity index (χ1) is 10.9. The molecule has 2 heterocycles. The smallest absolute Gasteiger partial charge is 0.232 e. The van der Waals surface area contributed by atoms with Gasteiger partial charge in [0.15, 0.2) is 0 Å². The Morgan fingerprint density at radius 1 is 1.26 bits per heavy atom. The maximum atomic E-state index is 12.8. The van der Waals surface area contributed by atoms with Crippen molar-refractivity contribution in [3.05, 3.63) is 53.9 Å². The number of nitrogens with zero attached hydrogens (tertiary/aromatic N) is 4. The molecule has 0 aliphatic carbocycles. The Labute approximate surface area is 136 Å². The number of hydrogen-bond donors (Lipinski definition) is 0. The van der Waals surface area contributed by atoms with Crippen molar-refractivity contribution in [2.75, 3.05) is 6.54 Å². The van der Waals surface area contributed by atoms with Gasteiger partial charge in [-0.2, -0.15) is 0 Å². The van der Waals surface area contributed by atoms with E-state index < -0.39 is 5.41 Å². The first-order valence-corrected chi connectivity index (χ1v) is 7.85. The lowest BCUT2D eigenvalue weighted by molar-refractivity contribution is -0.139. The summed E-state index contributed by atoms with van der Waals surface area (Å²) in [5.41, 5.74) is 3.30. The molecule has 1 aliphatic rings. The van der Waals surface area contributed by atoms with Gasteiger partial charge < -0.3 is 4.90 Å². The molecule has 0 spiro atoms. The van der Waals surface area contributed by atoms with Gasteiger partial charge in [-0.15, -0.1) is 5.10 Å². The van der Waals surface area contributed by atoms with E-state index >= 15 is 0 Å². The number of hydrogen-bond acceptors (Lipinski definition) is 3. The van der Waals surface area contributed by atoms with Gasteiger partial charge in [0.1, 0.15) is 5.69 Å². The quantitative estimate of drug-likeness (QED) is 0.819. The van der Waals surface area contributed by atoms with Crippen LogP contribution in [-0.2, 0) is 17.8 Å². The second kappa shape index (κ2) is 5.65. The van der Waals surface area contributed by atoms with Crippen molar-refractivity contribution in [3.8, 4) is 5.69 Å². The molecule has 1 amide bonds. The normalized spacial score (nSPS) is 14.5. The van der Waals surface area contributed by atoms with Crippen LogP contribution in [0.2, 0.25) is 0 Å². The molecular weight excluding hydrogens is 288 g/mol. The van der Waals surface area contributed by atoms with Crippen LogP contribution in [0.3, 0.4) is 0 Å². The van der Waals surface area contributed by atoms with Crippen molar-refractivity contribution in [3.63, 3.8) is 0 Å². The minimum atomic E-state index is -0.549. The zero-order valence-electron chi connectivity index (χ0n) is 13.9. The standard InChI is InChI=1S/C18H22N4O/c1-13(2)18(3,4)17(23)21-11-10-16-15(12-21)19-20-22(16)14-8-6-5-7-9-14/h5-9H,1,10-12H2,2-4H3. The average molecular weight is 310 g/mol. The topological polar surface area (TPSA) is 51.0 Å². The van der Waals surface area contributed by atoms with Crippen LogP contribution >= 0.6 is 0 Å². The maximum Gasteiger partial charge on any atom is 0.232 e. The Morgan fingerprint density at radius 2 is 1.96 bits per heavy atom. The highest BCUT2D eigenvalue weighted by Crippen LogP contribution is 2.30. The summed E-state index contributed by atoms with van der Waals surface area (Å²) in [4.78, 5) is 14.6. The highest BCUT2D eigenvalue weighted by atomic mass is 16.2. The third-order valence-electron chi connectivity index (χ3n) is 4.69. The van der Waals surface area contributed by atoms with Crippen molar-refractivity contribution in [2.45, 2.75) is 33.7 Å². The molecule has 1 aromatic carbocycles. The van der Waals surface area contributed by atoms with Gasteiger partial charge in [0.05, 0.1) is 23.3 Å². The summed E-state index contributed by atoms with van der Waals surface area (Å²) in [6, 6.07) is 9.97. The van der Waals surface area contributed by atoms with E-state index in [-0.39, 0.29) is 5.91 Å². The number of amides is 1. The molecule has 0 bridgehead atoms. The van der Waals surface area contributed by atoms with E-state index in [1.54, 1.807) is 0 Å². The molecule has 5 nitrogen and oxygen atoms in total. The first-order valence-electron chi connectivity index (χ1n) is 7.85. The lowest BCUT2D eigenvalue weighted by Crippen LogP contribution is -2.44. The molecule has 2 aromatic rings. The van der Waals surface area contributed by atoms with Gasteiger partial charge in [-0.3, -0.25) is 4.79 Å². The fraction of sp³-hybridized carbons (Fsp3) is 0.389. The predicted octanol–water partition coefficient (Wildman–Crippen LogP) is 2.75. The summed E-state index contributed by atoms with van der Waals surface area (Å²) < 4.78 is 1.88. The van der Waals surface area contributed by atoms with Crippen LogP contribution in [0, 0.1) is 5.41 Å². The second-order valence-electron chi connectivity index (χ2n) is 6.61. The van der Waals surface area contributed by atoms with E-state index in [0.717, 1.165) is 29.1 Å². The third kappa shape index (κ3) is 2.67. The Bertz CT molecular complexity index is 746. The van der Waals surface area contributed by atoms with Crippen LogP contribution in [0.25, 0.3) is 5.69 Å². The Kier molecular flexibility index (Phi) is 3.80. The van der Waals surface area contributed by atoms with Gasteiger partial charge in [-0.25, -0.2) is 4.68 Å². The molecule has 23 heavy (non-hydrogen) atoms. The first kappa shape index (κ1) is 15.5. The highest BCUT2D eigenvalue weighted by molar-refractivity contribution is 5.85. The number of para-hydroxylation sites is 1. The summed E-state index contributed by atoms with van der Waals surface area (Å²) in [6.45, 7) is 10.9. The van der Waals surface area contributed by atoms with E-state index in [2.05, 4.69) is 16.9 Å². The van der Waals surface area contributed by atoms with E-state index in [0.29, 0.717) is 13.1 Å². The maximum absolute atomic E-state index is 12.8. The molecule has 0 atom stereocenters. The van der Waals surface area contributed by atoms with E-state index in [4.69, 9.17) is 0 Å². The summed E-state index contributed by atoms with van der Waals surface area (Å²) >= 11 is 0. The van der Waals surface area contributed by atoms with Crippen molar-refractivity contribution < 1.29 is 4.79 Å². The van der Waals surface area contributed by atoms with Gasteiger partial charge in [0, 0.05) is 13.0 Å². The Hall–Kier alpha value is -2.43. The molecule has 120 valence electrons. The summed E-state index contributed by atoms with van der Waals surface area (Å²) in [6.07, 6.45) is 0.759. The zero-order valence-corrected chi connectivity index (χ0v) is 13.9. The van der Waals surface area contributed by atoms with Gasteiger partial charge in [-0.05, 0) is 32.9 Å². The van der Waals surface area contributed by atoms with E-state index in [9.17, 15) is 4.79 Å². The largest absolute Gasteiger partial charge is 0.336 e. The van der Waals surface area contributed by atoms with Crippen molar-refractivity contribution in [2.24, 2.45) is 5.41 Å². The zero-order chi connectivity index (χ0) is 16.6. The minimum absolute atomic E-state index is 0.102. The number of benzene rings is 1. The lowest BCUT2D eigenvalue weighted by atomic mass is 9.84. The number of aromatic nitrogens is 3. The van der Waals surface area contributed by atoms with Crippen LogP contribution in [0.4, 0.5) is 0 Å². The van der Waals surface area contributed by atoms with Crippen molar-refractivity contribution in [1.82, 2.24) is 19.9 Å². The van der Waals surface area contributed by atoms with Crippen LogP contribution in [0.15, 0.2) is 42.5 Å². The average Bonchev–Trinajstić information content (AvgIpc) is 2.97. The highest BCUT2D eigenvalue weighted by Gasteiger charge is 2.35. The van der Waals surface area contributed by atoms with E-state index in [1.165, 1.54) is 0 Å². The fourth-order valence-corrected chi connectivity index (χ4v) is 2.73. The summed E-state index contributed by atoms with van der Waals surface area (Å²) in [5.74, 6) is 0.102. The molecule has 1 aliphatic heterocycles. The molecule has 3 rings (SSSR count). The minimum Gasteiger partial charge on any atom is -0.336 e. The van der Waals surface area contributed by atoms with Crippen LogP contribution < -0.4 is 0 Å². The lowest BCUT2D eigenvalue weighted by Gasteiger charge is -2.34. The predicted molar refractivity (Wildman–Crippen MR) is 89.1 cm³/mol. The Balaban J connectivity index is 1.85.